The quantitative estimate of drug-likeness (QED) is 0.782. The Morgan fingerprint density at radius 1 is 1.23 bits per heavy atom. The molecule has 118 valence electrons. The van der Waals surface area contributed by atoms with Gasteiger partial charge >= 0.3 is 5.97 Å². The smallest absolute Gasteiger partial charge is 0.320 e. The molecule has 4 nitrogen and oxygen atoms in total. The van der Waals surface area contributed by atoms with E-state index in [0.717, 1.165) is 34.9 Å². The van der Waals surface area contributed by atoms with Crippen LogP contribution in [0.15, 0.2) is 36.4 Å². The van der Waals surface area contributed by atoms with Crippen LogP contribution in [0, 0.1) is 0 Å². The molecule has 0 fully saturated rings. The van der Waals surface area contributed by atoms with Crippen molar-refractivity contribution in [1.82, 2.24) is 5.32 Å². The minimum atomic E-state index is -0.779. The monoisotopic (exact) mass is 301 g/mol. The molecule has 0 aliphatic heterocycles. The Morgan fingerprint density at radius 2 is 1.95 bits per heavy atom. The summed E-state index contributed by atoms with van der Waals surface area (Å²) in [6, 6.07) is 11.6. The summed E-state index contributed by atoms with van der Waals surface area (Å²) in [6.45, 7) is 2.62. The summed E-state index contributed by atoms with van der Waals surface area (Å²) in [6.07, 6.45) is 2.58. The van der Waals surface area contributed by atoms with Gasteiger partial charge in [-0.25, -0.2) is 0 Å². The Kier molecular flexibility index (Phi) is 5.78. The number of carboxylic acids is 1. The van der Waals surface area contributed by atoms with E-state index in [1.54, 1.807) is 7.11 Å². The van der Waals surface area contributed by atoms with E-state index in [2.05, 4.69) is 18.3 Å². The average molecular weight is 301 g/mol. The lowest BCUT2D eigenvalue weighted by Gasteiger charge is -2.14. The summed E-state index contributed by atoms with van der Waals surface area (Å²) in [5, 5.41) is 14.6. The van der Waals surface area contributed by atoms with Crippen LogP contribution in [0.1, 0.15) is 31.7 Å². The lowest BCUT2D eigenvalue weighted by atomic mass is 10.1. The van der Waals surface area contributed by atoms with Crippen molar-refractivity contribution in [2.75, 3.05) is 7.11 Å². The van der Waals surface area contributed by atoms with Crippen LogP contribution in [-0.2, 0) is 11.3 Å². The van der Waals surface area contributed by atoms with Crippen LogP contribution >= 0.6 is 0 Å². The van der Waals surface area contributed by atoms with Gasteiger partial charge in [0.05, 0.1) is 7.11 Å². The Bertz CT molecular complexity index is 639. The van der Waals surface area contributed by atoms with Gasteiger partial charge in [-0.05, 0) is 41.0 Å². The topological polar surface area (TPSA) is 58.6 Å². The fourth-order valence-electron chi connectivity index (χ4n) is 2.47. The van der Waals surface area contributed by atoms with Gasteiger partial charge in [0.25, 0.3) is 0 Å². The molecule has 0 spiro atoms. The van der Waals surface area contributed by atoms with Gasteiger partial charge in [-0.3, -0.25) is 4.79 Å². The van der Waals surface area contributed by atoms with Crippen molar-refractivity contribution in [1.29, 1.82) is 0 Å². The Hall–Kier alpha value is -2.07. The van der Waals surface area contributed by atoms with Crippen molar-refractivity contribution < 1.29 is 14.6 Å². The Balaban J connectivity index is 2.06. The molecule has 2 aromatic carbocycles. The van der Waals surface area contributed by atoms with Crippen LogP contribution in [0.2, 0.25) is 0 Å². The second kappa shape index (κ2) is 7.80. The zero-order valence-electron chi connectivity index (χ0n) is 13.1. The van der Waals surface area contributed by atoms with Crippen LogP contribution < -0.4 is 10.1 Å². The van der Waals surface area contributed by atoms with E-state index in [0.29, 0.717) is 13.0 Å². The molecule has 0 heterocycles. The summed E-state index contributed by atoms with van der Waals surface area (Å²) in [4.78, 5) is 11.2. The van der Waals surface area contributed by atoms with E-state index in [1.807, 2.05) is 30.3 Å². The van der Waals surface area contributed by atoms with E-state index >= 15 is 0 Å². The molecule has 0 aromatic heterocycles. The summed E-state index contributed by atoms with van der Waals surface area (Å²) < 4.78 is 5.22. The summed E-state index contributed by atoms with van der Waals surface area (Å²) in [5.74, 6) is 0.0582. The van der Waals surface area contributed by atoms with Crippen molar-refractivity contribution in [3.05, 3.63) is 42.0 Å². The molecule has 0 saturated carbocycles. The number of aliphatic carboxylic acids is 1. The van der Waals surface area contributed by atoms with E-state index in [4.69, 9.17) is 4.74 Å². The predicted molar refractivity (Wildman–Crippen MR) is 88.3 cm³/mol. The standard InChI is InChI=1S/C18H23NO3/c1-3-4-5-17(18(20)21)19-12-13-6-7-15-11-16(22-2)9-8-14(15)10-13/h6-11,17,19H,3-5,12H2,1-2H3,(H,20,21). The first kappa shape index (κ1) is 16.3. The highest BCUT2D eigenvalue weighted by Crippen LogP contribution is 2.21. The minimum Gasteiger partial charge on any atom is -0.497 e. The molecule has 1 atom stereocenters. The number of hydrogen-bond acceptors (Lipinski definition) is 3. The fourth-order valence-corrected chi connectivity index (χ4v) is 2.47. The highest BCUT2D eigenvalue weighted by Gasteiger charge is 2.15. The number of carboxylic acid groups (broad SMARTS) is 1. The molecule has 2 aromatic rings. The SMILES string of the molecule is CCCCC(NCc1ccc2cc(OC)ccc2c1)C(=O)O. The van der Waals surface area contributed by atoms with E-state index < -0.39 is 12.0 Å². The van der Waals surface area contributed by atoms with E-state index in [-0.39, 0.29) is 0 Å². The number of fused-ring (bicyclic) bond motifs is 1. The van der Waals surface area contributed by atoms with Gasteiger partial charge in [-0.2, -0.15) is 0 Å². The number of unbranched alkanes of at least 4 members (excludes halogenated alkanes) is 1. The maximum Gasteiger partial charge on any atom is 0.320 e. The van der Waals surface area contributed by atoms with Crippen LogP contribution in [0.25, 0.3) is 10.8 Å². The Labute approximate surface area is 131 Å². The van der Waals surface area contributed by atoms with Crippen LogP contribution in [0.4, 0.5) is 0 Å². The van der Waals surface area contributed by atoms with Gasteiger partial charge in [0.15, 0.2) is 0 Å². The van der Waals surface area contributed by atoms with E-state index in [1.165, 1.54) is 0 Å². The number of ether oxygens (including phenoxy) is 1. The van der Waals surface area contributed by atoms with Crippen LogP contribution in [0.5, 0.6) is 5.75 Å². The third-order valence-corrected chi connectivity index (χ3v) is 3.81. The highest BCUT2D eigenvalue weighted by atomic mass is 16.5. The predicted octanol–water partition coefficient (Wildman–Crippen LogP) is 3.58. The maximum absolute atomic E-state index is 11.2. The molecular formula is C18H23NO3. The van der Waals surface area contributed by atoms with Gasteiger partial charge < -0.3 is 15.2 Å². The van der Waals surface area contributed by atoms with Crippen LogP contribution in [0.3, 0.4) is 0 Å². The third kappa shape index (κ3) is 4.21. The van der Waals surface area contributed by atoms with Gasteiger partial charge in [-0.1, -0.05) is 38.0 Å². The lowest BCUT2D eigenvalue weighted by Crippen LogP contribution is -2.36. The molecular weight excluding hydrogens is 278 g/mol. The molecule has 0 amide bonds. The molecule has 2 rings (SSSR count). The van der Waals surface area contributed by atoms with Crippen molar-refractivity contribution in [3.63, 3.8) is 0 Å². The number of rotatable bonds is 8. The zero-order valence-corrected chi connectivity index (χ0v) is 13.1. The lowest BCUT2D eigenvalue weighted by molar-refractivity contribution is -0.139. The molecule has 0 radical (unpaired) electrons. The summed E-state index contributed by atoms with van der Waals surface area (Å²) in [7, 11) is 1.65. The highest BCUT2D eigenvalue weighted by molar-refractivity contribution is 5.84. The summed E-state index contributed by atoms with van der Waals surface area (Å²) in [5.41, 5.74) is 1.08. The number of methoxy groups -OCH3 is 1. The Morgan fingerprint density at radius 3 is 2.64 bits per heavy atom. The van der Waals surface area contributed by atoms with Gasteiger partial charge in [0.2, 0.25) is 0 Å². The summed E-state index contributed by atoms with van der Waals surface area (Å²) >= 11 is 0. The normalized spacial score (nSPS) is 12.3. The van der Waals surface area contributed by atoms with Crippen molar-refractivity contribution >= 4 is 16.7 Å². The number of nitrogens with one attached hydrogen (secondary N) is 1. The molecule has 0 bridgehead atoms. The van der Waals surface area contributed by atoms with Gasteiger partial charge in [0.1, 0.15) is 11.8 Å². The number of benzene rings is 2. The van der Waals surface area contributed by atoms with E-state index in [9.17, 15) is 9.90 Å². The second-order valence-electron chi connectivity index (χ2n) is 5.46. The molecule has 2 N–H and O–H groups in total. The van der Waals surface area contributed by atoms with Gasteiger partial charge in [-0.15, -0.1) is 0 Å². The number of carbonyl (C=O) groups is 1. The minimum absolute atomic E-state index is 0.480. The van der Waals surface area contributed by atoms with Gasteiger partial charge in [0, 0.05) is 6.54 Å². The first-order chi connectivity index (χ1) is 10.6. The third-order valence-electron chi connectivity index (χ3n) is 3.81. The molecule has 1 unspecified atom stereocenters. The van der Waals surface area contributed by atoms with Crippen molar-refractivity contribution in [2.45, 2.75) is 38.8 Å². The van der Waals surface area contributed by atoms with Crippen LogP contribution in [-0.4, -0.2) is 24.2 Å². The van der Waals surface area contributed by atoms with Crippen molar-refractivity contribution in [3.8, 4) is 5.75 Å². The molecule has 0 aliphatic carbocycles. The first-order valence-electron chi connectivity index (χ1n) is 7.67. The number of hydrogen-bond donors (Lipinski definition) is 2. The molecule has 4 heteroatoms. The molecule has 0 aliphatic rings. The van der Waals surface area contributed by atoms with Crippen molar-refractivity contribution in [2.24, 2.45) is 0 Å². The zero-order chi connectivity index (χ0) is 15.9. The second-order valence-corrected chi connectivity index (χ2v) is 5.46. The molecule has 22 heavy (non-hydrogen) atoms. The largest absolute Gasteiger partial charge is 0.497 e. The average Bonchev–Trinajstić information content (AvgIpc) is 2.53. The maximum atomic E-state index is 11.2. The molecule has 0 saturated heterocycles. The first-order valence-corrected chi connectivity index (χ1v) is 7.67. The fraction of sp³-hybridized carbons (Fsp3) is 0.389.